The maximum Gasteiger partial charge on any atom is 0.359 e. The highest BCUT2D eigenvalue weighted by atomic mass is 79.9. The predicted molar refractivity (Wildman–Crippen MR) is 125 cm³/mol. The highest BCUT2D eigenvalue weighted by Gasteiger charge is 2.63. The summed E-state index contributed by atoms with van der Waals surface area (Å²) in [5.41, 5.74) is -2.48. The number of allylic oxidation sites excluding steroid dienone is 1. The van der Waals surface area contributed by atoms with E-state index in [4.69, 9.17) is 14.2 Å². The van der Waals surface area contributed by atoms with E-state index in [-0.39, 0.29) is 22.5 Å². The van der Waals surface area contributed by atoms with E-state index >= 15 is 0 Å². The van der Waals surface area contributed by atoms with Gasteiger partial charge < -0.3 is 14.2 Å². The van der Waals surface area contributed by atoms with Crippen molar-refractivity contribution >= 4 is 37.7 Å². The summed E-state index contributed by atoms with van der Waals surface area (Å²) in [6.45, 7) is 9.70. The lowest BCUT2D eigenvalue weighted by Gasteiger charge is -2.33. The van der Waals surface area contributed by atoms with Crippen molar-refractivity contribution in [3.63, 3.8) is 0 Å². The van der Waals surface area contributed by atoms with Crippen LogP contribution < -0.4 is 9.46 Å². The van der Waals surface area contributed by atoms with E-state index in [1.165, 1.54) is 19.3 Å². The molecule has 2 atom stereocenters. The fraction of sp³-hybridized carbons (Fsp3) is 0.565. The number of esters is 1. The first-order chi connectivity index (χ1) is 15.1. The minimum atomic E-state index is -4.09. The summed E-state index contributed by atoms with van der Waals surface area (Å²) >= 11 is 3.38. The number of ether oxygens (including phenoxy) is 3. The van der Waals surface area contributed by atoms with Gasteiger partial charge in [-0.15, -0.1) is 0 Å². The van der Waals surface area contributed by atoms with Crippen LogP contribution in [0.2, 0.25) is 0 Å². The summed E-state index contributed by atoms with van der Waals surface area (Å²) in [6.07, 6.45) is 1.95. The molecule has 3 rings (SSSR count). The number of carbonyl (C=O) groups excluding carboxylic acids is 2. The Morgan fingerprint density at radius 1 is 1.24 bits per heavy atom. The van der Waals surface area contributed by atoms with Crippen LogP contribution in [0.15, 0.2) is 33.3 Å². The first kappa shape index (κ1) is 25.7. The average molecular weight is 544 g/mol. The third-order valence-corrected chi connectivity index (χ3v) is 7.83. The SMILES string of the molecule is COC(=O)[C@@]12Oc3c(cc(Br)cc3S(=O)(=O)NC(C)(C)CC(C)(C)C)[C@@H]1CC(OC)=CC2=O. The van der Waals surface area contributed by atoms with Crippen molar-refractivity contribution in [2.75, 3.05) is 14.2 Å². The Labute approximate surface area is 203 Å². The van der Waals surface area contributed by atoms with Gasteiger partial charge in [-0.1, -0.05) is 36.7 Å². The molecule has 1 aromatic carbocycles. The Balaban J connectivity index is 2.16. The lowest BCUT2D eigenvalue weighted by molar-refractivity contribution is -0.164. The van der Waals surface area contributed by atoms with E-state index in [0.717, 1.165) is 7.11 Å². The molecule has 33 heavy (non-hydrogen) atoms. The molecule has 0 fully saturated rings. The van der Waals surface area contributed by atoms with Gasteiger partial charge in [-0.25, -0.2) is 17.9 Å². The normalized spacial score (nSPS) is 22.7. The molecule has 0 amide bonds. The third kappa shape index (κ3) is 4.70. The molecule has 0 saturated heterocycles. The van der Waals surface area contributed by atoms with E-state index < -0.39 is 38.8 Å². The summed E-state index contributed by atoms with van der Waals surface area (Å²) in [5.74, 6) is -2.01. The smallest absolute Gasteiger partial charge is 0.359 e. The number of ketones is 1. The largest absolute Gasteiger partial charge is 0.501 e. The van der Waals surface area contributed by atoms with Crippen LogP contribution in [0.25, 0.3) is 0 Å². The zero-order chi connectivity index (χ0) is 25.0. The van der Waals surface area contributed by atoms with Crippen molar-refractivity contribution in [3.8, 4) is 5.75 Å². The number of carbonyl (C=O) groups is 2. The van der Waals surface area contributed by atoms with E-state index in [9.17, 15) is 18.0 Å². The van der Waals surface area contributed by atoms with Crippen molar-refractivity contribution in [1.29, 1.82) is 0 Å². The van der Waals surface area contributed by atoms with Gasteiger partial charge in [0, 0.05) is 28.1 Å². The van der Waals surface area contributed by atoms with Crippen LogP contribution in [0.3, 0.4) is 0 Å². The molecule has 1 N–H and O–H groups in total. The highest BCUT2D eigenvalue weighted by Crippen LogP contribution is 2.54. The van der Waals surface area contributed by atoms with Crippen LogP contribution >= 0.6 is 15.9 Å². The van der Waals surface area contributed by atoms with Gasteiger partial charge in [-0.2, -0.15) is 0 Å². The lowest BCUT2D eigenvalue weighted by Crippen LogP contribution is -2.55. The molecule has 2 aliphatic rings. The van der Waals surface area contributed by atoms with Crippen LogP contribution in [0, 0.1) is 5.41 Å². The van der Waals surface area contributed by atoms with Crippen molar-refractivity contribution in [2.45, 2.75) is 69.4 Å². The van der Waals surface area contributed by atoms with Crippen molar-refractivity contribution in [2.24, 2.45) is 5.41 Å². The molecule has 1 aromatic rings. The Bertz CT molecular complexity index is 1130. The molecule has 0 bridgehead atoms. The minimum Gasteiger partial charge on any atom is -0.501 e. The topological polar surface area (TPSA) is 108 Å². The number of hydrogen-bond acceptors (Lipinski definition) is 7. The van der Waals surface area contributed by atoms with Crippen LogP contribution in [-0.4, -0.2) is 45.5 Å². The first-order valence-electron chi connectivity index (χ1n) is 10.5. The van der Waals surface area contributed by atoms with Gasteiger partial charge in [0.1, 0.15) is 16.4 Å². The molecule has 1 heterocycles. The highest BCUT2D eigenvalue weighted by molar-refractivity contribution is 9.10. The van der Waals surface area contributed by atoms with Gasteiger partial charge in [-0.3, -0.25) is 4.79 Å². The quantitative estimate of drug-likeness (QED) is 0.429. The second kappa shape index (κ2) is 8.39. The molecule has 182 valence electrons. The molecular formula is C23H30BrNO7S. The Morgan fingerprint density at radius 2 is 1.88 bits per heavy atom. The number of fused-ring (bicyclic) bond motifs is 3. The lowest BCUT2D eigenvalue weighted by atomic mass is 9.75. The third-order valence-electron chi connectivity index (χ3n) is 5.66. The zero-order valence-electron chi connectivity index (χ0n) is 19.9. The monoisotopic (exact) mass is 543 g/mol. The van der Waals surface area contributed by atoms with Gasteiger partial charge >= 0.3 is 5.97 Å². The fourth-order valence-electron chi connectivity index (χ4n) is 4.96. The molecule has 0 radical (unpaired) electrons. The Morgan fingerprint density at radius 3 is 2.42 bits per heavy atom. The molecule has 0 spiro atoms. The summed E-state index contributed by atoms with van der Waals surface area (Å²) in [6, 6.07) is 3.07. The Kier molecular flexibility index (Phi) is 6.54. The van der Waals surface area contributed by atoms with Gasteiger partial charge in [-0.05, 0) is 37.8 Å². The van der Waals surface area contributed by atoms with Crippen molar-refractivity contribution in [3.05, 3.63) is 34.0 Å². The summed E-state index contributed by atoms with van der Waals surface area (Å²) in [5, 5.41) is 0. The maximum absolute atomic E-state index is 13.5. The number of benzene rings is 1. The standard InChI is InChI=1S/C23H30BrNO7S/c1-21(2,3)12-22(4,5)25-33(28,29)17-9-13(24)8-15-16-10-14(30-6)11-18(26)23(16,20(27)31-7)32-19(15)17/h8-9,11,16,25H,10,12H2,1-7H3/t16-,23+/m0/s1. The van der Waals surface area contributed by atoms with Crippen LogP contribution in [0.1, 0.15) is 58.9 Å². The molecule has 0 unspecified atom stereocenters. The van der Waals surface area contributed by atoms with Gasteiger partial charge in [0.05, 0.1) is 20.1 Å². The number of sulfonamides is 1. The number of nitrogens with one attached hydrogen (secondary N) is 1. The van der Waals surface area contributed by atoms with Gasteiger partial charge in [0.15, 0.2) is 0 Å². The minimum absolute atomic E-state index is 0.0354. The second-order valence-electron chi connectivity index (χ2n) is 10.3. The molecule has 8 nitrogen and oxygen atoms in total. The van der Waals surface area contributed by atoms with Crippen LogP contribution in [-0.2, 0) is 29.1 Å². The zero-order valence-corrected chi connectivity index (χ0v) is 22.3. The van der Waals surface area contributed by atoms with Crippen LogP contribution in [0.5, 0.6) is 5.75 Å². The second-order valence-corrected chi connectivity index (χ2v) is 12.9. The fourth-order valence-corrected chi connectivity index (χ4v) is 7.18. The van der Waals surface area contributed by atoms with E-state index in [1.54, 1.807) is 6.07 Å². The van der Waals surface area contributed by atoms with Gasteiger partial charge in [0.25, 0.3) is 5.60 Å². The van der Waals surface area contributed by atoms with Gasteiger partial charge in [0.2, 0.25) is 15.8 Å². The molecule has 1 aliphatic heterocycles. The van der Waals surface area contributed by atoms with E-state index in [1.807, 2.05) is 34.6 Å². The van der Waals surface area contributed by atoms with E-state index in [2.05, 4.69) is 20.7 Å². The number of methoxy groups -OCH3 is 2. The number of rotatable bonds is 6. The molecule has 0 aromatic heterocycles. The van der Waals surface area contributed by atoms with Crippen molar-refractivity contribution in [1.82, 2.24) is 4.72 Å². The first-order valence-corrected chi connectivity index (χ1v) is 12.8. The molecule has 0 saturated carbocycles. The maximum atomic E-state index is 13.5. The summed E-state index contributed by atoms with van der Waals surface area (Å²) in [4.78, 5) is 25.8. The molecular weight excluding hydrogens is 514 g/mol. The summed E-state index contributed by atoms with van der Waals surface area (Å²) in [7, 11) is -1.50. The Hall–Kier alpha value is -1.91. The molecule has 10 heteroatoms. The van der Waals surface area contributed by atoms with Crippen molar-refractivity contribution < 1.29 is 32.2 Å². The predicted octanol–water partition coefficient (Wildman–Crippen LogP) is 3.83. The van der Waals surface area contributed by atoms with Crippen LogP contribution in [0.4, 0.5) is 0 Å². The van der Waals surface area contributed by atoms with E-state index in [0.29, 0.717) is 22.2 Å². The number of hydrogen-bond donors (Lipinski definition) is 1. The molecule has 1 aliphatic carbocycles. The average Bonchev–Trinajstić information content (AvgIpc) is 2.99. The summed E-state index contributed by atoms with van der Waals surface area (Å²) < 4.78 is 46.5. The number of halogens is 1.